The van der Waals surface area contributed by atoms with Crippen LogP contribution in [0.3, 0.4) is 0 Å². The number of furan rings is 1. The summed E-state index contributed by atoms with van der Waals surface area (Å²) in [7, 11) is 1.61. The Balaban J connectivity index is 0.000000383. The number of fused-ring (bicyclic) bond motifs is 2. The highest BCUT2D eigenvalue weighted by molar-refractivity contribution is 5.95. The highest BCUT2D eigenvalue weighted by Crippen LogP contribution is 2.40. The molecule has 1 atom stereocenters. The molecule has 0 aromatic carbocycles. The summed E-state index contributed by atoms with van der Waals surface area (Å²) in [4.78, 5) is 40.0. The van der Waals surface area contributed by atoms with E-state index in [1.54, 1.807) is 26.2 Å². The van der Waals surface area contributed by atoms with E-state index in [1.807, 2.05) is 15.7 Å². The number of hydrogen-bond donors (Lipinski definition) is 2. The summed E-state index contributed by atoms with van der Waals surface area (Å²) in [5.41, 5.74) is -0.0449. The molecule has 10 nitrogen and oxygen atoms in total. The number of carbonyl (C=O) groups is 3. The quantitative estimate of drug-likeness (QED) is 0.681. The largest absolute Gasteiger partial charge is 0.490 e. The van der Waals surface area contributed by atoms with Crippen molar-refractivity contribution in [1.82, 2.24) is 19.8 Å². The first-order chi connectivity index (χ1) is 15.5. The number of piperidine rings is 1. The van der Waals surface area contributed by atoms with Gasteiger partial charge in [0.15, 0.2) is 6.10 Å². The number of aliphatic carboxylic acids is 1. The molecule has 0 saturated carbocycles. The van der Waals surface area contributed by atoms with Gasteiger partial charge in [0.25, 0.3) is 11.8 Å². The number of aromatic nitrogens is 2. The number of carboxylic acid groups (broad SMARTS) is 1. The van der Waals surface area contributed by atoms with E-state index in [1.165, 1.54) is 6.26 Å². The van der Waals surface area contributed by atoms with E-state index < -0.39 is 23.9 Å². The number of hydrogen-bond acceptors (Lipinski definition) is 6. The second kappa shape index (κ2) is 9.25. The molecule has 2 amide bonds. The standard InChI is InChI=1S/C18H22N4O4.C2HF3O2/c1-12-13(3-10-25-12)16(24)21-7-4-18(5-8-21)17-20-6-9-22(17)11-14(26-18)15(23)19-2;3-2(4,5)1(6)7/h3,6,9-10,14H,4-5,7-8,11H2,1-2H3,(H,19,23);(H,6,7). The number of likely N-dealkylation sites (N-methyl/N-ethyl adjacent to an activating group) is 1. The van der Waals surface area contributed by atoms with E-state index in [0.717, 1.165) is 5.82 Å². The maximum absolute atomic E-state index is 12.7. The summed E-state index contributed by atoms with van der Waals surface area (Å²) < 4.78 is 45.2. The fraction of sp³-hybridized carbons (Fsp3) is 0.500. The third-order valence-corrected chi connectivity index (χ3v) is 5.58. The number of carbonyl (C=O) groups excluding carboxylic acids is 2. The number of amides is 2. The van der Waals surface area contributed by atoms with Crippen molar-refractivity contribution in [2.75, 3.05) is 20.1 Å². The molecule has 1 fully saturated rings. The Bertz CT molecular complexity index is 1020. The first-order valence-corrected chi connectivity index (χ1v) is 10.0. The Morgan fingerprint density at radius 1 is 1.27 bits per heavy atom. The van der Waals surface area contributed by atoms with Crippen LogP contribution >= 0.6 is 0 Å². The van der Waals surface area contributed by atoms with Gasteiger partial charge in [0.2, 0.25) is 0 Å². The Morgan fingerprint density at radius 3 is 2.42 bits per heavy atom. The normalized spacial score (nSPS) is 19.3. The summed E-state index contributed by atoms with van der Waals surface area (Å²) in [6, 6.07) is 1.70. The summed E-state index contributed by atoms with van der Waals surface area (Å²) in [6.07, 6.45) is 0.699. The number of nitrogens with zero attached hydrogens (tertiary/aromatic N) is 3. The SMILES string of the molecule is CNC(=O)C1Cn2ccnc2C2(CCN(C(=O)c3ccoc3C)CC2)O1.O=C(O)C(F)(F)F. The van der Waals surface area contributed by atoms with Crippen molar-refractivity contribution in [2.24, 2.45) is 0 Å². The summed E-state index contributed by atoms with van der Waals surface area (Å²) in [5, 5.41) is 9.78. The molecule has 1 unspecified atom stereocenters. The van der Waals surface area contributed by atoms with Gasteiger partial charge in [-0.2, -0.15) is 13.2 Å². The maximum Gasteiger partial charge on any atom is 0.490 e. The van der Waals surface area contributed by atoms with Gasteiger partial charge in [-0.05, 0) is 13.0 Å². The predicted molar refractivity (Wildman–Crippen MR) is 105 cm³/mol. The number of nitrogens with one attached hydrogen (secondary N) is 1. The number of aryl methyl sites for hydroxylation is 1. The minimum Gasteiger partial charge on any atom is -0.475 e. The molecule has 13 heteroatoms. The molecular formula is C20H23F3N4O6. The van der Waals surface area contributed by atoms with E-state index >= 15 is 0 Å². The van der Waals surface area contributed by atoms with E-state index in [4.69, 9.17) is 19.1 Å². The van der Waals surface area contributed by atoms with Crippen molar-refractivity contribution < 1.29 is 41.8 Å². The first-order valence-electron chi connectivity index (χ1n) is 10.0. The Morgan fingerprint density at radius 2 is 1.91 bits per heavy atom. The fourth-order valence-corrected chi connectivity index (χ4v) is 3.88. The van der Waals surface area contributed by atoms with Crippen LogP contribution in [0.4, 0.5) is 13.2 Å². The van der Waals surface area contributed by atoms with Gasteiger partial charge in [-0.1, -0.05) is 0 Å². The third-order valence-electron chi connectivity index (χ3n) is 5.58. The molecule has 2 N–H and O–H groups in total. The van der Waals surface area contributed by atoms with Crippen LogP contribution in [-0.2, 0) is 26.5 Å². The van der Waals surface area contributed by atoms with Crippen LogP contribution in [0.1, 0.15) is 34.8 Å². The zero-order valence-corrected chi connectivity index (χ0v) is 17.9. The van der Waals surface area contributed by atoms with Gasteiger partial charge >= 0.3 is 12.1 Å². The lowest BCUT2D eigenvalue weighted by molar-refractivity contribution is -0.192. The third kappa shape index (κ3) is 5.02. The molecule has 1 saturated heterocycles. The van der Waals surface area contributed by atoms with Crippen LogP contribution in [0.5, 0.6) is 0 Å². The minimum absolute atomic E-state index is 0.0342. The van der Waals surface area contributed by atoms with E-state index in [-0.39, 0.29) is 11.8 Å². The lowest BCUT2D eigenvalue weighted by Crippen LogP contribution is -2.54. The molecule has 4 heterocycles. The van der Waals surface area contributed by atoms with Crippen molar-refractivity contribution in [2.45, 2.75) is 44.2 Å². The van der Waals surface area contributed by atoms with Crippen LogP contribution in [-0.4, -0.2) is 69.8 Å². The van der Waals surface area contributed by atoms with Gasteiger partial charge in [-0.15, -0.1) is 0 Å². The van der Waals surface area contributed by atoms with Gasteiger partial charge < -0.3 is 29.0 Å². The molecule has 2 aliphatic rings. The molecule has 0 bridgehead atoms. The van der Waals surface area contributed by atoms with Crippen LogP contribution < -0.4 is 5.32 Å². The average molecular weight is 472 g/mol. The summed E-state index contributed by atoms with van der Waals surface area (Å²) in [6.45, 7) is 3.31. The first kappa shape index (κ1) is 24.3. The lowest BCUT2D eigenvalue weighted by Gasteiger charge is -2.45. The number of rotatable bonds is 2. The fourth-order valence-electron chi connectivity index (χ4n) is 3.88. The van der Waals surface area contributed by atoms with Gasteiger partial charge in [0.1, 0.15) is 17.2 Å². The molecule has 0 aliphatic carbocycles. The monoisotopic (exact) mass is 472 g/mol. The Hall–Kier alpha value is -3.35. The van der Waals surface area contributed by atoms with Crippen LogP contribution in [0.2, 0.25) is 0 Å². The van der Waals surface area contributed by atoms with Crippen molar-refractivity contribution in [3.05, 3.63) is 41.9 Å². The van der Waals surface area contributed by atoms with Gasteiger partial charge in [0.05, 0.1) is 18.4 Å². The number of likely N-dealkylation sites (tertiary alicyclic amines) is 1. The summed E-state index contributed by atoms with van der Waals surface area (Å²) in [5.74, 6) is -1.47. The maximum atomic E-state index is 12.7. The molecule has 2 aromatic heterocycles. The number of imidazole rings is 1. The second-order valence-electron chi connectivity index (χ2n) is 7.60. The van der Waals surface area contributed by atoms with E-state index in [0.29, 0.717) is 43.8 Å². The molecule has 1 spiro atoms. The van der Waals surface area contributed by atoms with Gasteiger partial charge in [-0.25, -0.2) is 9.78 Å². The number of carboxylic acids is 1. The molecule has 180 valence electrons. The van der Waals surface area contributed by atoms with Gasteiger partial charge in [0, 0.05) is 45.4 Å². The topological polar surface area (TPSA) is 127 Å². The van der Waals surface area contributed by atoms with Crippen LogP contribution in [0.25, 0.3) is 0 Å². The van der Waals surface area contributed by atoms with E-state index in [2.05, 4.69) is 10.3 Å². The van der Waals surface area contributed by atoms with Gasteiger partial charge in [-0.3, -0.25) is 9.59 Å². The molecule has 2 aromatic rings. The highest BCUT2D eigenvalue weighted by atomic mass is 19.4. The molecule has 0 radical (unpaired) electrons. The molecule has 2 aliphatic heterocycles. The van der Waals surface area contributed by atoms with Crippen molar-refractivity contribution in [3.63, 3.8) is 0 Å². The van der Waals surface area contributed by atoms with Crippen LogP contribution in [0, 0.1) is 6.92 Å². The predicted octanol–water partition coefficient (Wildman–Crippen LogP) is 1.69. The van der Waals surface area contributed by atoms with Crippen molar-refractivity contribution >= 4 is 17.8 Å². The Labute approximate surface area is 186 Å². The Kier molecular flexibility index (Phi) is 6.81. The average Bonchev–Trinajstić information content (AvgIpc) is 3.42. The molecular weight excluding hydrogens is 449 g/mol. The van der Waals surface area contributed by atoms with Crippen LogP contribution in [0.15, 0.2) is 29.1 Å². The smallest absolute Gasteiger partial charge is 0.475 e. The number of halogens is 3. The second-order valence-corrected chi connectivity index (χ2v) is 7.60. The minimum atomic E-state index is -5.08. The zero-order chi connectivity index (χ0) is 24.4. The molecule has 4 rings (SSSR count). The van der Waals surface area contributed by atoms with E-state index in [9.17, 15) is 22.8 Å². The highest BCUT2D eigenvalue weighted by Gasteiger charge is 2.47. The lowest BCUT2D eigenvalue weighted by atomic mass is 9.88. The number of alkyl halides is 3. The van der Waals surface area contributed by atoms with Crippen molar-refractivity contribution in [3.8, 4) is 0 Å². The zero-order valence-electron chi connectivity index (χ0n) is 17.9. The van der Waals surface area contributed by atoms with Crippen molar-refractivity contribution in [1.29, 1.82) is 0 Å². The summed E-state index contributed by atoms with van der Waals surface area (Å²) >= 11 is 0. The number of ether oxygens (including phenoxy) is 1. The molecule has 33 heavy (non-hydrogen) atoms.